The van der Waals surface area contributed by atoms with Crippen molar-refractivity contribution in [3.8, 4) is 6.07 Å². The molecule has 2 fully saturated rings. The zero-order valence-corrected chi connectivity index (χ0v) is 14.6. The number of aliphatic imine (C=N–C) groups is 1. The second-order valence-electron chi connectivity index (χ2n) is 6.66. The molecule has 3 rings (SSSR count). The number of fused-ring (bicyclic) bond motifs is 1. The van der Waals surface area contributed by atoms with Crippen molar-refractivity contribution in [2.75, 3.05) is 11.6 Å². The van der Waals surface area contributed by atoms with Crippen LogP contribution in [0.2, 0.25) is 0 Å². The minimum Gasteiger partial charge on any atom is -0.335 e. The van der Waals surface area contributed by atoms with E-state index in [2.05, 4.69) is 17.6 Å². The first-order valence-corrected chi connectivity index (χ1v) is 9.91. The fourth-order valence-corrected chi connectivity index (χ4v) is 4.56. The third-order valence-corrected chi connectivity index (χ3v) is 5.87. The quantitative estimate of drug-likeness (QED) is 0.611. The molecule has 0 spiro atoms. The van der Waals surface area contributed by atoms with Crippen LogP contribution in [0.3, 0.4) is 0 Å². The van der Waals surface area contributed by atoms with Crippen LogP contribution in [-0.4, -0.2) is 17.5 Å². The molecule has 23 heavy (non-hydrogen) atoms. The number of thioether (sulfide) groups is 1. The molecule has 3 nitrogen and oxygen atoms in total. The smallest absolute Gasteiger partial charge is 0.161 e. The Hall–Kier alpha value is -1.47. The number of nitriles is 1. The van der Waals surface area contributed by atoms with Crippen molar-refractivity contribution in [1.82, 2.24) is 0 Å². The number of anilines is 1. The Kier molecular flexibility index (Phi) is 5.61. The molecule has 0 aliphatic heterocycles. The lowest BCUT2D eigenvalue weighted by Gasteiger charge is -2.39. The summed E-state index contributed by atoms with van der Waals surface area (Å²) in [4.78, 5) is 5.08. The van der Waals surface area contributed by atoms with Crippen molar-refractivity contribution in [1.29, 1.82) is 5.26 Å². The second-order valence-corrected chi connectivity index (χ2v) is 7.45. The number of hydrogen-bond acceptors (Lipinski definition) is 3. The minimum atomic E-state index is 0.488. The summed E-state index contributed by atoms with van der Waals surface area (Å²) in [6.07, 6.45) is 11.6. The number of hydrogen-bond donors (Lipinski definition) is 1. The summed E-state index contributed by atoms with van der Waals surface area (Å²) >= 11 is 1.68. The first kappa shape index (κ1) is 16.4. The number of nitrogens with zero attached hydrogens (tertiary/aromatic N) is 2. The molecule has 0 radical (unpaired) electrons. The van der Waals surface area contributed by atoms with Crippen LogP contribution in [0.15, 0.2) is 29.3 Å². The zero-order chi connectivity index (χ0) is 16.1. The lowest BCUT2D eigenvalue weighted by molar-refractivity contribution is 0.148. The zero-order valence-electron chi connectivity index (χ0n) is 13.8. The molecule has 2 aliphatic rings. The van der Waals surface area contributed by atoms with E-state index in [1.54, 1.807) is 11.8 Å². The van der Waals surface area contributed by atoms with E-state index in [4.69, 9.17) is 10.3 Å². The lowest BCUT2D eigenvalue weighted by atomic mass is 9.68. The van der Waals surface area contributed by atoms with Gasteiger partial charge >= 0.3 is 0 Å². The molecular weight excluding hydrogens is 302 g/mol. The van der Waals surface area contributed by atoms with E-state index in [9.17, 15) is 0 Å². The van der Waals surface area contributed by atoms with Gasteiger partial charge in [0.25, 0.3) is 0 Å². The first-order chi connectivity index (χ1) is 11.3. The van der Waals surface area contributed by atoms with Crippen molar-refractivity contribution in [2.24, 2.45) is 16.8 Å². The fourth-order valence-electron chi connectivity index (χ4n) is 4.10. The predicted molar refractivity (Wildman–Crippen MR) is 98.8 cm³/mol. The topological polar surface area (TPSA) is 48.2 Å². The van der Waals surface area contributed by atoms with Gasteiger partial charge in [-0.05, 0) is 55.2 Å². The molecule has 2 saturated carbocycles. The van der Waals surface area contributed by atoms with Gasteiger partial charge in [0.15, 0.2) is 5.17 Å². The van der Waals surface area contributed by atoms with Gasteiger partial charge in [0.1, 0.15) is 0 Å². The third kappa shape index (κ3) is 4.09. The number of rotatable bonds is 2. The van der Waals surface area contributed by atoms with Crippen LogP contribution in [0.5, 0.6) is 0 Å². The second kappa shape index (κ2) is 7.88. The van der Waals surface area contributed by atoms with E-state index in [0.717, 1.165) is 22.7 Å². The normalized spacial score (nSPS) is 27.8. The highest BCUT2D eigenvalue weighted by Crippen LogP contribution is 2.42. The molecular formula is C19H25N3S. The summed E-state index contributed by atoms with van der Waals surface area (Å²) in [5.41, 5.74) is 1.70. The molecule has 0 amide bonds. The predicted octanol–water partition coefficient (Wildman–Crippen LogP) is 5.05. The van der Waals surface area contributed by atoms with Gasteiger partial charge < -0.3 is 5.32 Å². The van der Waals surface area contributed by atoms with Crippen molar-refractivity contribution in [3.63, 3.8) is 0 Å². The summed E-state index contributed by atoms with van der Waals surface area (Å²) in [7, 11) is 0. The third-order valence-electron chi connectivity index (χ3n) is 5.28. The van der Waals surface area contributed by atoms with Gasteiger partial charge in [0.2, 0.25) is 0 Å². The lowest BCUT2D eigenvalue weighted by Crippen LogP contribution is -2.34. The molecule has 0 aromatic heterocycles. The highest BCUT2D eigenvalue weighted by atomic mass is 32.2. The van der Waals surface area contributed by atoms with Crippen LogP contribution in [0, 0.1) is 23.2 Å². The molecule has 3 atom stereocenters. The summed E-state index contributed by atoms with van der Waals surface area (Å²) in [5.74, 6) is 1.70. The summed E-state index contributed by atoms with van der Waals surface area (Å²) < 4.78 is 0. The van der Waals surface area contributed by atoms with Gasteiger partial charge in [-0.1, -0.05) is 43.9 Å². The van der Waals surface area contributed by atoms with Crippen LogP contribution in [-0.2, 0) is 0 Å². The van der Waals surface area contributed by atoms with Crippen molar-refractivity contribution < 1.29 is 0 Å². The van der Waals surface area contributed by atoms with Gasteiger partial charge in [0, 0.05) is 5.69 Å². The van der Waals surface area contributed by atoms with Gasteiger partial charge in [-0.3, -0.25) is 4.99 Å². The van der Waals surface area contributed by atoms with Crippen LogP contribution in [0.4, 0.5) is 5.69 Å². The van der Waals surface area contributed by atoms with Crippen molar-refractivity contribution >= 4 is 22.6 Å². The average Bonchev–Trinajstić information content (AvgIpc) is 2.62. The average molecular weight is 327 g/mol. The highest BCUT2D eigenvalue weighted by Gasteiger charge is 2.34. The Morgan fingerprint density at radius 2 is 1.87 bits per heavy atom. The molecule has 0 saturated heterocycles. The van der Waals surface area contributed by atoms with E-state index >= 15 is 0 Å². The fraction of sp³-hybridized carbons (Fsp3) is 0.579. The van der Waals surface area contributed by atoms with Gasteiger partial charge in [-0.2, -0.15) is 5.26 Å². The van der Waals surface area contributed by atoms with Gasteiger partial charge in [0.05, 0.1) is 17.7 Å². The molecule has 0 heterocycles. The Balaban J connectivity index is 1.70. The highest BCUT2D eigenvalue weighted by molar-refractivity contribution is 8.13. The molecule has 122 valence electrons. The maximum atomic E-state index is 8.88. The maximum absolute atomic E-state index is 8.88. The standard InChI is InChI=1S/C19H25N3S/c1-23-19(21-16-11-9-14(13-20)10-12-16)22-18-8-4-6-15-5-2-3-7-17(15)18/h9-12,15,17-18H,2-8H2,1H3,(H,21,22). The minimum absolute atomic E-state index is 0.488. The number of nitrogens with one attached hydrogen (secondary N) is 1. The SMILES string of the molecule is CSC(=NC1CCCC2CCCCC21)Nc1ccc(C#N)cc1. The summed E-state index contributed by atoms with van der Waals surface area (Å²) in [5, 5.41) is 13.3. The monoisotopic (exact) mass is 327 g/mol. The van der Waals surface area contributed by atoms with E-state index in [1.807, 2.05) is 24.3 Å². The van der Waals surface area contributed by atoms with Crippen LogP contribution in [0.25, 0.3) is 0 Å². The Labute approximate surface area is 143 Å². The van der Waals surface area contributed by atoms with E-state index < -0.39 is 0 Å². The van der Waals surface area contributed by atoms with E-state index in [1.165, 1.54) is 44.9 Å². The number of benzene rings is 1. The molecule has 1 aromatic rings. The van der Waals surface area contributed by atoms with Crippen molar-refractivity contribution in [2.45, 2.75) is 51.0 Å². The summed E-state index contributed by atoms with van der Waals surface area (Å²) in [6.45, 7) is 0. The van der Waals surface area contributed by atoms with Crippen LogP contribution < -0.4 is 5.32 Å². The van der Waals surface area contributed by atoms with E-state index in [0.29, 0.717) is 11.6 Å². The van der Waals surface area contributed by atoms with Crippen molar-refractivity contribution in [3.05, 3.63) is 29.8 Å². The molecule has 0 bridgehead atoms. The molecule has 3 unspecified atom stereocenters. The Morgan fingerprint density at radius 1 is 1.13 bits per heavy atom. The van der Waals surface area contributed by atoms with E-state index in [-0.39, 0.29) is 0 Å². The molecule has 1 N–H and O–H groups in total. The van der Waals surface area contributed by atoms with Crippen LogP contribution in [0.1, 0.15) is 50.5 Å². The molecule has 2 aliphatic carbocycles. The Bertz CT molecular complexity index is 586. The molecule has 4 heteroatoms. The largest absolute Gasteiger partial charge is 0.335 e. The van der Waals surface area contributed by atoms with Gasteiger partial charge in [-0.25, -0.2) is 0 Å². The molecule has 1 aromatic carbocycles. The first-order valence-electron chi connectivity index (χ1n) is 8.69. The maximum Gasteiger partial charge on any atom is 0.161 e. The Morgan fingerprint density at radius 3 is 2.61 bits per heavy atom. The number of amidine groups is 1. The van der Waals surface area contributed by atoms with Gasteiger partial charge in [-0.15, -0.1) is 0 Å². The van der Waals surface area contributed by atoms with Crippen LogP contribution >= 0.6 is 11.8 Å². The summed E-state index contributed by atoms with van der Waals surface area (Å²) in [6, 6.07) is 10.2.